The lowest BCUT2D eigenvalue weighted by Gasteiger charge is -2.51. The molecule has 3 aliphatic carbocycles. The molecule has 5 heteroatoms. The highest BCUT2D eigenvalue weighted by Crippen LogP contribution is 2.56. The van der Waals surface area contributed by atoms with E-state index in [4.69, 9.17) is 9.47 Å². The molecular weight excluding hydrogens is 356 g/mol. The summed E-state index contributed by atoms with van der Waals surface area (Å²) in [6, 6.07) is 0. The van der Waals surface area contributed by atoms with E-state index in [0.717, 1.165) is 44.9 Å². The van der Waals surface area contributed by atoms with Gasteiger partial charge in [-0.2, -0.15) is 0 Å². The van der Waals surface area contributed by atoms with E-state index in [-0.39, 0.29) is 41.3 Å². The Kier molecular flexibility index (Phi) is 6.31. The summed E-state index contributed by atoms with van der Waals surface area (Å²) < 4.78 is 11.4. The third-order valence-electron chi connectivity index (χ3n) is 7.46. The van der Waals surface area contributed by atoms with Crippen molar-refractivity contribution in [3.05, 3.63) is 11.6 Å². The molecule has 5 nitrogen and oxygen atoms in total. The zero-order chi connectivity index (χ0) is 20.5. The highest BCUT2D eigenvalue weighted by atomic mass is 16.5. The Morgan fingerprint density at radius 3 is 2.29 bits per heavy atom. The number of hydrogen-bond donors (Lipinski definition) is 0. The van der Waals surface area contributed by atoms with Crippen molar-refractivity contribution >= 4 is 17.7 Å². The maximum Gasteiger partial charge on any atom is 0.302 e. The van der Waals surface area contributed by atoms with Crippen LogP contribution in [0.4, 0.5) is 0 Å². The Balaban J connectivity index is 1.92. The molecule has 6 atom stereocenters. The molecule has 0 bridgehead atoms. The van der Waals surface area contributed by atoms with Crippen molar-refractivity contribution in [2.75, 3.05) is 0 Å². The number of fused-ring (bicyclic) bond motifs is 3. The molecular formula is C23H34O5. The molecule has 0 aliphatic heterocycles. The molecule has 0 aromatic carbocycles. The summed E-state index contributed by atoms with van der Waals surface area (Å²) in [6.07, 6.45) is 8.36. The number of ketones is 1. The molecule has 2 fully saturated rings. The Labute approximate surface area is 168 Å². The van der Waals surface area contributed by atoms with Crippen LogP contribution in [0.2, 0.25) is 0 Å². The fourth-order valence-corrected chi connectivity index (χ4v) is 5.93. The van der Waals surface area contributed by atoms with Gasteiger partial charge in [0, 0.05) is 20.3 Å². The Morgan fingerprint density at radius 1 is 0.964 bits per heavy atom. The molecule has 0 N–H and O–H groups in total. The summed E-state index contributed by atoms with van der Waals surface area (Å²) in [4.78, 5) is 35.4. The first kappa shape index (κ1) is 21.1. The molecule has 0 heterocycles. The highest BCUT2D eigenvalue weighted by molar-refractivity contribution is 5.91. The van der Waals surface area contributed by atoms with Crippen LogP contribution in [0.15, 0.2) is 11.6 Å². The van der Waals surface area contributed by atoms with Crippen LogP contribution in [0.1, 0.15) is 79.1 Å². The molecule has 0 unspecified atom stereocenters. The minimum absolute atomic E-state index is 0.00375. The zero-order valence-electron chi connectivity index (χ0n) is 17.7. The topological polar surface area (TPSA) is 69.7 Å². The molecule has 2 saturated carbocycles. The Hall–Kier alpha value is -1.65. The van der Waals surface area contributed by atoms with E-state index in [1.807, 2.05) is 6.08 Å². The molecule has 0 aromatic rings. The summed E-state index contributed by atoms with van der Waals surface area (Å²) in [7, 11) is 0. The zero-order valence-corrected chi connectivity index (χ0v) is 17.7. The fraction of sp³-hybridized carbons (Fsp3) is 0.783. The molecule has 0 aromatic heterocycles. The van der Waals surface area contributed by atoms with Gasteiger partial charge in [-0.1, -0.05) is 19.4 Å². The lowest BCUT2D eigenvalue weighted by molar-refractivity contribution is -0.155. The average molecular weight is 391 g/mol. The third kappa shape index (κ3) is 4.33. The van der Waals surface area contributed by atoms with Crippen molar-refractivity contribution in [1.29, 1.82) is 0 Å². The van der Waals surface area contributed by atoms with E-state index in [0.29, 0.717) is 18.3 Å². The van der Waals surface area contributed by atoms with Gasteiger partial charge in [0.25, 0.3) is 0 Å². The number of carbonyl (C=O) groups excluding carboxylic acids is 3. The van der Waals surface area contributed by atoms with Crippen LogP contribution in [0, 0.1) is 23.2 Å². The van der Waals surface area contributed by atoms with Gasteiger partial charge in [0.1, 0.15) is 12.2 Å². The number of allylic oxidation sites excluding steroid dienone is 2. The van der Waals surface area contributed by atoms with Crippen molar-refractivity contribution in [3.63, 3.8) is 0 Å². The van der Waals surface area contributed by atoms with Crippen molar-refractivity contribution in [2.24, 2.45) is 23.2 Å². The van der Waals surface area contributed by atoms with Gasteiger partial charge < -0.3 is 9.47 Å². The average Bonchev–Trinajstić information content (AvgIpc) is 2.66. The van der Waals surface area contributed by atoms with Gasteiger partial charge in [-0.3, -0.25) is 14.4 Å². The van der Waals surface area contributed by atoms with Crippen LogP contribution in [-0.4, -0.2) is 29.9 Å². The van der Waals surface area contributed by atoms with Crippen molar-refractivity contribution in [3.8, 4) is 0 Å². The van der Waals surface area contributed by atoms with Crippen molar-refractivity contribution < 1.29 is 23.9 Å². The van der Waals surface area contributed by atoms with Gasteiger partial charge in [-0.05, 0) is 74.2 Å². The van der Waals surface area contributed by atoms with Gasteiger partial charge in [0.05, 0.1) is 0 Å². The molecule has 28 heavy (non-hydrogen) atoms. The normalized spacial score (nSPS) is 38.6. The van der Waals surface area contributed by atoms with Gasteiger partial charge in [0.2, 0.25) is 0 Å². The van der Waals surface area contributed by atoms with Gasteiger partial charge in [0.15, 0.2) is 5.78 Å². The SMILES string of the molecule is CC(=O)O[C@@H]1CC[C@@H](OC(C)=O)[C@@H](C)CC[C@H]2[C@H]1CCC1=CC(=O)CC[C@@]12C. The van der Waals surface area contributed by atoms with Crippen molar-refractivity contribution in [1.82, 2.24) is 0 Å². The molecule has 3 aliphatic rings. The van der Waals surface area contributed by atoms with Gasteiger partial charge in [-0.15, -0.1) is 0 Å². The van der Waals surface area contributed by atoms with Crippen LogP contribution in [0.3, 0.4) is 0 Å². The standard InChI is InChI=1S/C23H34O5/c1-14-5-8-20-19(7-6-17-13-18(26)11-12-23(17,20)4)22(28-16(3)25)10-9-21(14)27-15(2)24/h13-14,19-22H,5-12H2,1-4H3/t14-,19+,20-,21+,22+,23-/m0/s1. The van der Waals surface area contributed by atoms with Crippen LogP contribution in [0.5, 0.6) is 0 Å². The fourth-order valence-electron chi connectivity index (χ4n) is 5.93. The van der Waals surface area contributed by atoms with Crippen molar-refractivity contribution in [2.45, 2.75) is 91.3 Å². The third-order valence-corrected chi connectivity index (χ3v) is 7.46. The maximum absolute atomic E-state index is 12.0. The molecule has 156 valence electrons. The first-order valence-electron chi connectivity index (χ1n) is 10.8. The van der Waals surface area contributed by atoms with E-state index in [9.17, 15) is 14.4 Å². The predicted octanol–water partition coefficient (Wildman–Crippen LogP) is 4.38. The van der Waals surface area contributed by atoms with E-state index in [1.165, 1.54) is 19.4 Å². The predicted molar refractivity (Wildman–Crippen MR) is 105 cm³/mol. The number of ether oxygens (including phenoxy) is 2. The van der Waals surface area contributed by atoms with Crippen LogP contribution < -0.4 is 0 Å². The Bertz CT molecular complexity index is 666. The molecule has 0 radical (unpaired) electrons. The summed E-state index contributed by atoms with van der Waals surface area (Å²) in [5, 5.41) is 0. The molecule has 0 amide bonds. The minimum Gasteiger partial charge on any atom is -0.462 e. The van der Waals surface area contributed by atoms with Gasteiger partial charge in [-0.25, -0.2) is 0 Å². The Morgan fingerprint density at radius 2 is 1.61 bits per heavy atom. The second kappa shape index (κ2) is 8.38. The first-order valence-corrected chi connectivity index (χ1v) is 10.8. The number of carbonyl (C=O) groups is 3. The lowest BCUT2D eigenvalue weighted by Crippen LogP contribution is -2.46. The summed E-state index contributed by atoms with van der Waals surface area (Å²) in [5.74, 6) is 0.689. The van der Waals surface area contributed by atoms with Gasteiger partial charge >= 0.3 is 11.9 Å². The van der Waals surface area contributed by atoms with Crippen LogP contribution in [-0.2, 0) is 23.9 Å². The van der Waals surface area contributed by atoms with Crippen LogP contribution in [0.25, 0.3) is 0 Å². The number of hydrogen-bond acceptors (Lipinski definition) is 5. The monoisotopic (exact) mass is 390 g/mol. The second-order valence-corrected chi connectivity index (χ2v) is 9.29. The summed E-state index contributed by atoms with van der Waals surface area (Å²) in [6.45, 7) is 7.39. The quantitative estimate of drug-likeness (QED) is 0.654. The number of esters is 2. The summed E-state index contributed by atoms with van der Waals surface area (Å²) in [5.41, 5.74) is 1.28. The molecule has 0 spiro atoms. The second-order valence-electron chi connectivity index (χ2n) is 9.29. The summed E-state index contributed by atoms with van der Waals surface area (Å²) >= 11 is 0. The highest BCUT2D eigenvalue weighted by Gasteiger charge is 2.50. The largest absolute Gasteiger partial charge is 0.462 e. The lowest BCUT2D eigenvalue weighted by atomic mass is 9.54. The van der Waals surface area contributed by atoms with E-state index in [1.54, 1.807) is 0 Å². The molecule has 0 saturated heterocycles. The first-order chi connectivity index (χ1) is 13.2. The number of rotatable bonds is 2. The van der Waals surface area contributed by atoms with E-state index < -0.39 is 0 Å². The molecule has 3 rings (SSSR count). The van der Waals surface area contributed by atoms with E-state index in [2.05, 4.69) is 13.8 Å². The van der Waals surface area contributed by atoms with E-state index >= 15 is 0 Å². The minimum atomic E-state index is -0.250. The maximum atomic E-state index is 12.0. The van der Waals surface area contributed by atoms with Crippen LogP contribution >= 0.6 is 0 Å². The smallest absolute Gasteiger partial charge is 0.302 e.